The van der Waals surface area contributed by atoms with Gasteiger partial charge in [0.1, 0.15) is 51.3 Å². The summed E-state index contributed by atoms with van der Waals surface area (Å²) in [6.45, 7) is 8.18. The van der Waals surface area contributed by atoms with Crippen LogP contribution in [0.2, 0.25) is 0 Å². The van der Waals surface area contributed by atoms with Crippen molar-refractivity contribution in [3.05, 3.63) is 294 Å². The van der Waals surface area contributed by atoms with E-state index < -0.39 is 22.3 Å². The summed E-state index contributed by atoms with van der Waals surface area (Å²) in [7, 11) is 12.1. The van der Waals surface area contributed by atoms with Crippen molar-refractivity contribution in [1.82, 2.24) is 4.90 Å². The van der Waals surface area contributed by atoms with Crippen molar-refractivity contribution in [1.29, 1.82) is 0 Å². The van der Waals surface area contributed by atoms with Crippen LogP contribution in [0.15, 0.2) is 237 Å². The molecule has 0 unspecified atom stereocenters. The highest BCUT2D eigenvalue weighted by Crippen LogP contribution is 2.45. The number of ether oxygens (including phenoxy) is 12. The summed E-state index contributed by atoms with van der Waals surface area (Å²) in [6.07, 6.45) is 2.42. The minimum Gasteiger partial charge on any atom is -0.497 e. The average molecular weight is 1260 g/mol. The summed E-state index contributed by atoms with van der Waals surface area (Å²) in [6, 6.07) is 79.5. The molecular weight excluding hydrogens is 1170 g/mol. The Morgan fingerprint density at radius 1 is 0.280 bits per heavy atom. The molecule has 9 rings (SSSR count). The summed E-state index contributed by atoms with van der Waals surface area (Å²) in [5.74, 6) is 4.53. The molecular formula is C80H90NO12. The van der Waals surface area contributed by atoms with E-state index >= 15 is 0 Å². The van der Waals surface area contributed by atoms with Gasteiger partial charge in [-0.2, -0.15) is 0 Å². The van der Waals surface area contributed by atoms with Crippen molar-refractivity contribution in [2.45, 2.75) is 48.0 Å². The molecule has 0 heterocycles. The second-order valence-corrected chi connectivity index (χ2v) is 22.8. The Morgan fingerprint density at radius 3 is 0.677 bits per heavy atom. The minimum absolute atomic E-state index is 0.301. The lowest BCUT2D eigenvalue weighted by atomic mass is 9.80. The predicted molar refractivity (Wildman–Crippen MR) is 366 cm³/mol. The van der Waals surface area contributed by atoms with Gasteiger partial charge in [-0.25, -0.2) is 0 Å². The van der Waals surface area contributed by atoms with E-state index in [-0.39, 0.29) is 0 Å². The van der Waals surface area contributed by atoms with Gasteiger partial charge in [0.25, 0.3) is 0 Å². The Kier molecular flexibility index (Phi) is 25.5. The molecule has 9 aromatic rings. The van der Waals surface area contributed by atoms with Crippen LogP contribution in [0.4, 0.5) is 0 Å². The Hall–Kier alpha value is -8.50. The van der Waals surface area contributed by atoms with Crippen LogP contribution in [0.3, 0.4) is 0 Å². The van der Waals surface area contributed by atoms with E-state index in [9.17, 15) is 0 Å². The molecule has 0 aliphatic carbocycles. The average Bonchev–Trinajstić information content (AvgIpc) is 0.780. The van der Waals surface area contributed by atoms with E-state index in [0.717, 1.165) is 84.6 Å². The third kappa shape index (κ3) is 16.5. The summed E-state index contributed by atoms with van der Waals surface area (Å²) < 4.78 is 75.9. The number of benzene rings is 9. The minimum atomic E-state index is -0.971. The molecule has 0 atom stereocenters. The molecule has 9 aromatic carbocycles. The molecule has 0 spiro atoms. The largest absolute Gasteiger partial charge is 0.497 e. The van der Waals surface area contributed by atoms with Gasteiger partial charge >= 0.3 is 0 Å². The Labute approximate surface area is 550 Å². The maximum Gasteiger partial charge on any atom is 0.143 e. The summed E-state index contributed by atoms with van der Waals surface area (Å²) >= 11 is 0. The van der Waals surface area contributed by atoms with E-state index in [1.807, 2.05) is 127 Å². The van der Waals surface area contributed by atoms with E-state index in [1.165, 1.54) is 0 Å². The molecule has 0 aliphatic rings. The zero-order valence-corrected chi connectivity index (χ0v) is 55.0. The van der Waals surface area contributed by atoms with Crippen molar-refractivity contribution in [2.75, 3.05) is 116 Å². The number of methoxy groups -OCH3 is 6. The molecule has 0 saturated carbocycles. The normalized spacial score (nSPS) is 12.0. The number of hydrogen-bond donors (Lipinski definition) is 0. The molecule has 0 bridgehead atoms. The van der Waals surface area contributed by atoms with Gasteiger partial charge < -0.3 is 56.8 Å². The Balaban J connectivity index is 0.953. The standard InChI is InChI=1S/C80H90NO12/c1-9-52-81(2)77(59-88-53-19-56-91-78(62-22-13-10-14-23-62,65-28-40-71(82-3)41-29-65)66-30-42-72(83-4)43-31-66,60-89-54-20-57-92-79(63-24-15-11-16-25-63,67-32-44-73(84-5)45-33-67)68-34-46-74(85-6)47-35-68)61-90-55-21-58-93-80(64-26-17-12-18-27-64,69-36-48-75(86-7)49-37-69)70-38-50-76(87-8)51-39-70/h10-18,22-51H,1,9,19-21,52-61H2,2-8H3. The number of nitrogens with zero attached hydrogens (tertiary/aromatic N) is 1. The zero-order chi connectivity index (χ0) is 65.2. The molecule has 13 heteroatoms. The van der Waals surface area contributed by atoms with Gasteiger partial charge in [-0.1, -0.05) is 171 Å². The lowest BCUT2D eigenvalue weighted by Crippen LogP contribution is -2.57. The van der Waals surface area contributed by atoms with Gasteiger partial charge in [-0.3, -0.25) is 4.90 Å². The molecule has 0 amide bonds. The van der Waals surface area contributed by atoms with Gasteiger partial charge in [0.15, 0.2) is 0 Å². The van der Waals surface area contributed by atoms with E-state index in [2.05, 4.69) is 128 Å². The second kappa shape index (κ2) is 34.4. The lowest BCUT2D eigenvalue weighted by Gasteiger charge is -2.41. The summed E-state index contributed by atoms with van der Waals surface area (Å²) in [5, 5.41) is 0. The van der Waals surface area contributed by atoms with Gasteiger partial charge in [0.05, 0.1) is 87.8 Å². The third-order valence-electron chi connectivity index (χ3n) is 17.2. The molecule has 13 nitrogen and oxygen atoms in total. The van der Waals surface area contributed by atoms with Crippen LogP contribution in [0.25, 0.3) is 0 Å². The van der Waals surface area contributed by atoms with Crippen LogP contribution in [0.5, 0.6) is 34.5 Å². The fraction of sp³-hybridized carbons (Fsp3) is 0.312. The van der Waals surface area contributed by atoms with Gasteiger partial charge in [-0.15, -0.1) is 0 Å². The lowest BCUT2D eigenvalue weighted by molar-refractivity contribution is -0.0984. The van der Waals surface area contributed by atoms with E-state index in [0.29, 0.717) is 91.7 Å². The van der Waals surface area contributed by atoms with E-state index in [1.54, 1.807) is 42.7 Å². The van der Waals surface area contributed by atoms with Crippen molar-refractivity contribution in [2.24, 2.45) is 0 Å². The van der Waals surface area contributed by atoms with Crippen LogP contribution >= 0.6 is 0 Å². The molecule has 1 radical (unpaired) electrons. The zero-order valence-electron chi connectivity index (χ0n) is 55.0. The van der Waals surface area contributed by atoms with Crippen LogP contribution < -0.4 is 28.4 Å². The second-order valence-electron chi connectivity index (χ2n) is 22.8. The van der Waals surface area contributed by atoms with Gasteiger partial charge in [0, 0.05) is 19.8 Å². The first-order valence-corrected chi connectivity index (χ1v) is 31.8. The molecule has 93 heavy (non-hydrogen) atoms. The van der Waals surface area contributed by atoms with E-state index in [4.69, 9.17) is 56.8 Å². The fourth-order valence-corrected chi connectivity index (χ4v) is 12.1. The highest BCUT2D eigenvalue weighted by atomic mass is 16.5. The monoisotopic (exact) mass is 1260 g/mol. The first kappa shape index (κ1) is 68.9. The molecule has 0 aromatic heterocycles. The first-order chi connectivity index (χ1) is 45.6. The van der Waals surface area contributed by atoms with Crippen molar-refractivity contribution in [3.8, 4) is 34.5 Å². The van der Waals surface area contributed by atoms with Gasteiger partial charge in [-0.05, 0) is 162 Å². The topological polar surface area (TPSA) is 114 Å². The molecule has 0 N–H and O–H groups in total. The molecule has 0 saturated heterocycles. The molecule has 0 fully saturated rings. The quantitative estimate of drug-likeness (QED) is 0.0269. The number of rotatable bonds is 39. The van der Waals surface area contributed by atoms with Gasteiger partial charge in [0.2, 0.25) is 0 Å². The van der Waals surface area contributed by atoms with Crippen LogP contribution in [-0.2, 0) is 45.2 Å². The summed E-state index contributed by atoms with van der Waals surface area (Å²) in [4.78, 5) is 2.28. The predicted octanol–water partition coefficient (Wildman–Crippen LogP) is 15.2. The molecule has 0 aliphatic heterocycles. The van der Waals surface area contributed by atoms with Crippen molar-refractivity contribution < 1.29 is 56.8 Å². The number of hydrogen-bond acceptors (Lipinski definition) is 13. The Morgan fingerprint density at radius 2 is 0.484 bits per heavy atom. The summed E-state index contributed by atoms with van der Waals surface area (Å²) in [5.41, 5.74) is 5.05. The van der Waals surface area contributed by atoms with Crippen LogP contribution in [0, 0.1) is 6.92 Å². The fourth-order valence-electron chi connectivity index (χ4n) is 12.1. The number of likely N-dealkylation sites (N-methyl/N-ethyl adjacent to an activating group) is 1. The third-order valence-corrected chi connectivity index (χ3v) is 17.2. The maximum atomic E-state index is 7.24. The van der Waals surface area contributed by atoms with Crippen LogP contribution in [-0.4, -0.2) is 126 Å². The highest BCUT2D eigenvalue weighted by Gasteiger charge is 2.42. The highest BCUT2D eigenvalue weighted by molar-refractivity contribution is 5.53. The smallest absolute Gasteiger partial charge is 0.143 e. The van der Waals surface area contributed by atoms with Crippen molar-refractivity contribution in [3.63, 3.8) is 0 Å². The maximum absolute atomic E-state index is 7.24. The SMILES string of the molecule is [CH2]CCN(C)C(COCCCOC(c1ccccc1)(c1ccc(OC)cc1)c1ccc(OC)cc1)(COCCCOC(c1ccccc1)(c1ccc(OC)cc1)c1ccc(OC)cc1)COCCCOC(c1ccccc1)(c1ccc(OC)cc1)c1ccc(OC)cc1. The van der Waals surface area contributed by atoms with Crippen LogP contribution in [0.1, 0.15) is 75.8 Å². The first-order valence-electron chi connectivity index (χ1n) is 31.8. The van der Waals surface area contributed by atoms with Crippen molar-refractivity contribution >= 4 is 0 Å². The molecule has 487 valence electrons. The Bertz CT molecular complexity index is 3040.